The number of hydrogen-bond acceptors (Lipinski definition) is 1. The highest BCUT2D eigenvalue weighted by atomic mass is 32.1. The van der Waals surface area contributed by atoms with Gasteiger partial charge in [-0.3, -0.25) is 0 Å². The summed E-state index contributed by atoms with van der Waals surface area (Å²) in [4.78, 5) is 1.37. The number of aromatic nitrogens is 1. The van der Waals surface area contributed by atoms with E-state index in [4.69, 9.17) is 0 Å². The summed E-state index contributed by atoms with van der Waals surface area (Å²) in [6.07, 6.45) is 0. The standard InChI is InChI=1S/C19H17NS/c1-12-4-7-16(8-5-12)20-13(2)10-17-18(20)9-6-15-11-14(3)21-19(15)17/h4-11H,1-3H3. The van der Waals surface area contributed by atoms with Crippen LogP contribution in [0.25, 0.3) is 26.7 Å². The van der Waals surface area contributed by atoms with Crippen LogP contribution in [-0.2, 0) is 0 Å². The van der Waals surface area contributed by atoms with Crippen molar-refractivity contribution in [3.63, 3.8) is 0 Å². The van der Waals surface area contributed by atoms with Crippen LogP contribution in [0.5, 0.6) is 0 Å². The van der Waals surface area contributed by atoms with E-state index in [9.17, 15) is 0 Å². The Labute approximate surface area is 128 Å². The third-order valence-corrected chi connectivity index (χ3v) is 5.16. The van der Waals surface area contributed by atoms with Gasteiger partial charge >= 0.3 is 0 Å². The van der Waals surface area contributed by atoms with Gasteiger partial charge in [-0.15, -0.1) is 11.3 Å². The summed E-state index contributed by atoms with van der Waals surface area (Å²) in [6, 6.07) is 17.8. The minimum atomic E-state index is 1.24. The Morgan fingerprint density at radius 3 is 2.38 bits per heavy atom. The maximum absolute atomic E-state index is 2.35. The maximum Gasteiger partial charge on any atom is 0.0545 e. The average Bonchev–Trinajstić information content (AvgIpc) is 2.98. The molecule has 0 amide bonds. The van der Waals surface area contributed by atoms with Crippen LogP contribution in [0, 0.1) is 20.8 Å². The summed E-state index contributed by atoms with van der Waals surface area (Å²) in [5.41, 5.74) is 5.11. The van der Waals surface area contributed by atoms with Gasteiger partial charge in [0.05, 0.1) is 5.52 Å². The van der Waals surface area contributed by atoms with E-state index in [0.29, 0.717) is 0 Å². The molecule has 0 radical (unpaired) electrons. The molecule has 0 N–H and O–H groups in total. The fourth-order valence-electron chi connectivity index (χ4n) is 3.08. The fourth-order valence-corrected chi connectivity index (χ4v) is 4.10. The molecule has 0 saturated heterocycles. The lowest BCUT2D eigenvalue weighted by molar-refractivity contribution is 1.05. The first-order chi connectivity index (χ1) is 10.1. The number of nitrogens with zero attached hydrogens (tertiary/aromatic N) is 1. The predicted molar refractivity (Wildman–Crippen MR) is 92.9 cm³/mol. The van der Waals surface area contributed by atoms with Gasteiger partial charge in [-0.05, 0) is 56.5 Å². The lowest BCUT2D eigenvalue weighted by Gasteiger charge is -2.08. The Kier molecular flexibility index (Phi) is 2.69. The number of fused-ring (bicyclic) bond motifs is 3. The van der Waals surface area contributed by atoms with E-state index >= 15 is 0 Å². The summed E-state index contributed by atoms with van der Waals surface area (Å²) in [6.45, 7) is 6.49. The van der Waals surface area contributed by atoms with Crippen molar-refractivity contribution in [2.24, 2.45) is 0 Å². The van der Waals surface area contributed by atoms with E-state index < -0.39 is 0 Å². The van der Waals surface area contributed by atoms with Gasteiger partial charge in [0.2, 0.25) is 0 Å². The zero-order valence-electron chi connectivity index (χ0n) is 12.5. The van der Waals surface area contributed by atoms with Crippen LogP contribution in [0.1, 0.15) is 16.1 Å². The normalized spacial score (nSPS) is 11.6. The van der Waals surface area contributed by atoms with Crippen LogP contribution in [0.2, 0.25) is 0 Å². The molecular formula is C19H17NS. The number of hydrogen-bond donors (Lipinski definition) is 0. The van der Waals surface area contributed by atoms with Gasteiger partial charge in [-0.1, -0.05) is 23.8 Å². The van der Waals surface area contributed by atoms with Crippen LogP contribution >= 0.6 is 11.3 Å². The molecule has 2 aromatic carbocycles. The van der Waals surface area contributed by atoms with Gasteiger partial charge < -0.3 is 4.57 Å². The van der Waals surface area contributed by atoms with Crippen LogP contribution in [-0.4, -0.2) is 4.57 Å². The van der Waals surface area contributed by atoms with Gasteiger partial charge in [0, 0.05) is 26.3 Å². The van der Waals surface area contributed by atoms with Gasteiger partial charge in [0.15, 0.2) is 0 Å². The summed E-state index contributed by atoms with van der Waals surface area (Å²) in [5.74, 6) is 0. The predicted octanol–water partition coefficient (Wildman–Crippen LogP) is 5.77. The van der Waals surface area contributed by atoms with E-state index in [2.05, 4.69) is 73.9 Å². The Balaban J connectivity index is 2.07. The highest BCUT2D eigenvalue weighted by molar-refractivity contribution is 7.20. The molecule has 0 aliphatic carbocycles. The molecule has 0 aliphatic rings. The van der Waals surface area contributed by atoms with Crippen LogP contribution in [0.4, 0.5) is 0 Å². The maximum atomic E-state index is 2.35. The van der Waals surface area contributed by atoms with Crippen molar-refractivity contribution in [3.8, 4) is 5.69 Å². The quantitative estimate of drug-likeness (QED) is 0.419. The number of thiophene rings is 1. The second-order valence-corrected chi connectivity index (χ2v) is 6.99. The van der Waals surface area contributed by atoms with Crippen molar-refractivity contribution in [2.75, 3.05) is 0 Å². The molecule has 21 heavy (non-hydrogen) atoms. The Hall–Kier alpha value is -2.06. The van der Waals surface area contributed by atoms with E-state index in [0.717, 1.165) is 0 Å². The van der Waals surface area contributed by atoms with Crippen molar-refractivity contribution < 1.29 is 0 Å². The Bertz CT molecular complexity index is 955. The van der Waals surface area contributed by atoms with Crippen LogP contribution in [0.3, 0.4) is 0 Å². The first kappa shape index (κ1) is 12.7. The minimum absolute atomic E-state index is 1.24. The summed E-state index contributed by atoms with van der Waals surface area (Å²) in [7, 11) is 0. The molecule has 0 spiro atoms. The highest BCUT2D eigenvalue weighted by Gasteiger charge is 2.11. The number of benzene rings is 2. The molecule has 2 heterocycles. The Morgan fingerprint density at radius 1 is 0.857 bits per heavy atom. The molecule has 2 aromatic heterocycles. The van der Waals surface area contributed by atoms with E-state index in [1.165, 1.54) is 42.8 Å². The molecule has 4 aromatic rings. The summed E-state index contributed by atoms with van der Waals surface area (Å²) in [5, 5.41) is 2.72. The number of aryl methyl sites for hydroxylation is 3. The molecule has 4 rings (SSSR count). The molecular weight excluding hydrogens is 274 g/mol. The van der Waals surface area contributed by atoms with Crippen LogP contribution < -0.4 is 0 Å². The molecule has 0 atom stereocenters. The van der Waals surface area contributed by atoms with Crippen LogP contribution in [0.15, 0.2) is 48.5 Å². The molecule has 1 nitrogen and oxygen atoms in total. The minimum Gasteiger partial charge on any atom is -0.314 e. The van der Waals surface area contributed by atoms with Crippen molar-refractivity contribution >= 4 is 32.3 Å². The largest absolute Gasteiger partial charge is 0.314 e. The van der Waals surface area contributed by atoms with Gasteiger partial charge in [-0.25, -0.2) is 0 Å². The van der Waals surface area contributed by atoms with Gasteiger partial charge in [0.1, 0.15) is 0 Å². The van der Waals surface area contributed by atoms with Crippen molar-refractivity contribution in [3.05, 3.63) is 64.7 Å². The third-order valence-electron chi connectivity index (χ3n) is 4.06. The second-order valence-electron chi connectivity index (χ2n) is 5.73. The SMILES string of the molecule is Cc1ccc(-n2c(C)cc3c4sc(C)cc4ccc32)cc1. The molecule has 0 fully saturated rings. The third kappa shape index (κ3) is 1.90. The zero-order valence-corrected chi connectivity index (χ0v) is 13.3. The fraction of sp³-hybridized carbons (Fsp3) is 0.158. The summed E-state index contributed by atoms with van der Waals surface area (Å²) >= 11 is 1.89. The topological polar surface area (TPSA) is 4.93 Å². The molecule has 0 aliphatic heterocycles. The van der Waals surface area contributed by atoms with Crippen molar-refractivity contribution in [1.29, 1.82) is 0 Å². The average molecular weight is 291 g/mol. The van der Waals surface area contributed by atoms with Gasteiger partial charge in [-0.2, -0.15) is 0 Å². The first-order valence-electron chi connectivity index (χ1n) is 7.22. The monoisotopic (exact) mass is 291 g/mol. The van der Waals surface area contributed by atoms with E-state index in [1.54, 1.807) is 0 Å². The molecule has 2 heteroatoms. The zero-order chi connectivity index (χ0) is 14.6. The second kappa shape index (κ2) is 4.47. The lowest BCUT2D eigenvalue weighted by Crippen LogP contribution is -1.95. The van der Waals surface area contributed by atoms with E-state index in [-0.39, 0.29) is 0 Å². The molecule has 0 bridgehead atoms. The smallest absolute Gasteiger partial charge is 0.0545 e. The van der Waals surface area contributed by atoms with Crippen molar-refractivity contribution in [1.82, 2.24) is 4.57 Å². The summed E-state index contributed by atoms with van der Waals surface area (Å²) < 4.78 is 3.75. The Morgan fingerprint density at radius 2 is 1.62 bits per heavy atom. The van der Waals surface area contributed by atoms with Gasteiger partial charge in [0.25, 0.3) is 0 Å². The highest BCUT2D eigenvalue weighted by Crippen LogP contribution is 2.35. The molecule has 104 valence electrons. The molecule has 0 saturated carbocycles. The number of rotatable bonds is 1. The van der Waals surface area contributed by atoms with Crippen molar-refractivity contribution in [2.45, 2.75) is 20.8 Å². The first-order valence-corrected chi connectivity index (χ1v) is 8.03. The van der Waals surface area contributed by atoms with E-state index in [1.807, 2.05) is 11.3 Å². The lowest BCUT2D eigenvalue weighted by atomic mass is 10.2. The molecule has 0 unspecified atom stereocenters.